The van der Waals surface area contributed by atoms with Crippen LogP contribution in [0.2, 0.25) is 5.15 Å². The summed E-state index contributed by atoms with van der Waals surface area (Å²) in [5.41, 5.74) is 2.41. The minimum absolute atomic E-state index is 0.301. The molecule has 0 radical (unpaired) electrons. The molecule has 0 N–H and O–H groups in total. The molecule has 0 amide bonds. The highest BCUT2D eigenvalue weighted by Crippen LogP contribution is 2.27. The van der Waals surface area contributed by atoms with Crippen LogP contribution in [-0.4, -0.2) is 15.0 Å². The molecular weight excluding hydrogens is 222 g/mol. The summed E-state index contributed by atoms with van der Waals surface area (Å²) in [7, 11) is 0. The fraction of sp³-hybridized carbons (Fsp3) is 0.0833. The third-order valence-corrected chi connectivity index (χ3v) is 2.40. The molecule has 2 aromatic rings. The highest BCUT2D eigenvalue weighted by atomic mass is 35.5. The Kier molecular flexibility index (Phi) is 2.84. The highest BCUT2D eigenvalue weighted by Gasteiger charge is 2.11. The minimum Gasteiger partial charge on any atom is -0.264 e. The van der Waals surface area contributed by atoms with Gasteiger partial charge in [0.25, 0.3) is 0 Å². The van der Waals surface area contributed by atoms with Crippen LogP contribution in [0, 0.1) is 19.3 Å². The Balaban J connectivity index is 2.64. The number of halogens is 1. The average molecular weight is 230 g/mol. The average Bonchev–Trinajstić information content (AvgIpc) is 2.29. The maximum absolute atomic E-state index is 6.07. The molecule has 0 aliphatic heterocycles. The van der Waals surface area contributed by atoms with Gasteiger partial charge >= 0.3 is 0 Å². The van der Waals surface area contributed by atoms with Crippen molar-refractivity contribution in [2.45, 2.75) is 6.92 Å². The van der Waals surface area contributed by atoms with Crippen molar-refractivity contribution in [3.63, 3.8) is 0 Å². The van der Waals surface area contributed by atoms with Gasteiger partial charge in [-0.25, -0.2) is 9.97 Å². The second-order valence-electron chi connectivity index (χ2n) is 3.18. The fourth-order valence-corrected chi connectivity index (χ4v) is 1.77. The van der Waals surface area contributed by atoms with Crippen LogP contribution in [0.3, 0.4) is 0 Å². The van der Waals surface area contributed by atoms with Crippen LogP contribution in [0.1, 0.15) is 11.5 Å². The molecule has 0 saturated carbocycles. The van der Waals surface area contributed by atoms with Gasteiger partial charge in [0, 0.05) is 23.5 Å². The van der Waals surface area contributed by atoms with Crippen LogP contribution < -0.4 is 0 Å². The monoisotopic (exact) mass is 229 g/mol. The van der Waals surface area contributed by atoms with Gasteiger partial charge < -0.3 is 0 Å². The van der Waals surface area contributed by atoms with E-state index in [4.69, 9.17) is 18.0 Å². The standard InChI is InChI=1S/C12H8ClN3/c1-3-10-15-8(2)11(12(13)16-10)9-5-4-6-14-7-9/h1,4-7H,2H3. The molecule has 4 heteroatoms. The van der Waals surface area contributed by atoms with Gasteiger partial charge in [-0.1, -0.05) is 17.7 Å². The maximum atomic E-state index is 6.07. The molecule has 0 aliphatic carbocycles. The summed E-state index contributed by atoms with van der Waals surface area (Å²) < 4.78 is 0. The van der Waals surface area contributed by atoms with Gasteiger partial charge in [-0.2, -0.15) is 0 Å². The zero-order chi connectivity index (χ0) is 11.5. The Morgan fingerprint density at radius 2 is 2.19 bits per heavy atom. The summed E-state index contributed by atoms with van der Waals surface area (Å²) in [4.78, 5) is 12.2. The quantitative estimate of drug-likeness (QED) is 0.557. The van der Waals surface area contributed by atoms with Crippen LogP contribution in [-0.2, 0) is 0 Å². The third-order valence-electron chi connectivity index (χ3n) is 2.13. The SMILES string of the molecule is C#Cc1nc(C)c(-c2cccnc2)c(Cl)n1. The number of terminal acetylenes is 1. The predicted octanol–water partition coefficient (Wildman–Crippen LogP) is 2.48. The number of hydrogen-bond acceptors (Lipinski definition) is 3. The number of aryl methyl sites for hydroxylation is 1. The number of hydrogen-bond donors (Lipinski definition) is 0. The largest absolute Gasteiger partial charge is 0.264 e. The molecule has 0 aliphatic rings. The molecule has 0 atom stereocenters. The van der Waals surface area contributed by atoms with Crippen molar-refractivity contribution in [2.24, 2.45) is 0 Å². The van der Waals surface area contributed by atoms with Gasteiger partial charge in [-0.3, -0.25) is 4.98 Å². The van der Waals surface area contributed by atoms with E-state index in [-0.39, 0.29) is 0 Å². The van der Waals surface area contributed by atoms with Crippen molar-refractivity contribution in [3.05, 3.63) is 41.2 Å². The molecular formula is C12H8ClN3. The summed E-state index contributed by atoms with van der Waals surface area (Å²) in [6, 6.07) is 3.74. The number of rotatable bonds is 1. The Morgan fingerprint density at radius 1 is 1.38 bits per heavy atom. The molecule has 0 bridgehead atoms. The van der Waals surface area contributed by atoms with E-state index in [0.717, 1.165) is 16.8 Å². The molecule has 0 spiro atoms. The molecule has 2 heterocycles. The van der Waals surface area contributed by atoms with E-state index >= 15 is 0 Å². The summed E-state index contributed by atoms with van der Waals surface area (Å²) in [6.45, 7) is 1.84. The number of aromatic nitrogens is 3. The topological polar surface area (TPSA) is 38.7 Å². The van der Waals surface area contributed by atoms with E-state index in [2.05, 4.69) is 20.9 Å². The lowest BCUT2D eigenvalue weighted by Gasteiger charge is -2.06. The number of pyridine rings is 1. The van der Waals surface area contributed by atoms with E-state index < -0.39 is 0 Å². The van der Waals surface area contributed by atoms with Gasteiger partial charge in [-0.15, -0.1) is 6.42 Å². The van der Waals surface area contributed by atoms with Crippen molar-refractivity contribution in [3.8, 4) is 23.5 Å². The zero-order valence-corrected chi connectivity index (χ0v) is 9.36. The van der Waals surface area contributed by atoms with Gasteiger partial charge in [0.1, 0.15) is 5.15 Å². The molecule has 0 unspecified atom stereocenters. The first-order valence-electron chi connectivity index (χ1n) is 4.63. The molecule has 2 aromatic heterocycles. The lowest BCUT2D eigenvalue weighted by atomic mass is 10.1. The summed E-state index contributed by atoms with van der Waals surface area (Å²) in [6.07, 6.45) is 8.64. The van der Waals surface area contributed by atoms with Crippen molar-refractivity contribution < 1.29 is 0 Å². The van der Waals surface area contributed by atoms with Crippen molar-refractivity contribution in [1.29, 1.82) is 0 Å². The first-order valence-corrected chi connectivity index (χ1v) is 5.01. The lowest BCUT2D eigenvalue weighted by molar-refractivity contribution is 1.07. The van der Waals surface area contributed by atoms with E-state index in [1.165, 1.54) is 0 Å². The van der Waals surface area contributed by atoms with Crippen molar-refractivity contribution in [1.82, 2.24) is 15.0 Å². The summed E-state index contributed by atoms with van der Waals surface area (Å²) >= 11 is 6.07. The van der Waals surface area contributed by atoms with Crippen molar-refractivity contribution in [2.75, 3.05) is 0 Å². The van der Waals surface area contributed by atoms with Gasteiger partial charge in [0.2, 0.25) is 5.82 Å². The van der Waals surface area contributed by atoms with Crippen LogP contribution in [0.15, 0.2) is 24.5 Å². The van der Waals surface area contributed by atoms with Crippen LogP contribution >= 0.6 is 11.6 Å². The van der Waals surface area contributed by atoms with E-state index in [0.29, 0.717) is 11.0 Å². The van der Waals surface area contributed by atoms with Crippen LogP contribution in [0.5, 0.6) is 0 Å². The molecule has 78 valence electrons. The van der Waals surface area contributed by atoms with E-state index in [1.807, 2.05) is 19.1 Å². The smallest absolute Gasteiger partial charge is 0.206 e. The van der Waals surface area contributed by atoms with Gasteiger partial charge in [0.05, 0.1) is 5.69 Å². The van der Waals surface area contributed by atoms with Gasteiger partial charge in [0.15, 0.2) is 0 Å². The molecule has 2 rings (SSSR count). The Morgan fingerprint density at radius 3 is 2.75 bits per heavy atom. The minimum atomic E-state index is 0.301. The normalized spacial score (nSPS) is 9.81. The zero-order valence-electron chi connectivity index (χ0n) is 8.61. The maximum Gasteiger partial charge on any atom is 0.206 e. The predicted molar refractivity (Wildman–Crippen MR) is 62.9 cm³/mol. The van der Waals surface area contributed by atoms with Gasteiger partial charge in [-0.05, 0) is 18.9 Å². The molecule has 0 saturated heterocycles. The highest BCUT2D eigenvalue weighted by molar-refractivity contribution is 6.32. The van der Waals surface area contributed by atoms with E-state index in [1.54, 1.807) is 12.4 Å². The lowest BCUT2D eigenvalue weighted by Crippen LogP contribution is -1.97. The Hall–Kier alpha value is -1.92. The van der Waals surface area contributed by atoms with Crippen LogP contribution in [0.4, 0.5) is 0 Å². The molecule has 0 aromatic carbocycles. The second kappa shape index (κ2) is 4.30. The first kappa shape index (κ1) is 10.6. The number of nitrogens with zero attached hydrogens (tertiary/aromatic N) is 3. The molecule has 0 fully saturated rings. The molecule has 3 nitrogen and oxygen atoms in total. The van der Waals surface area contributed by atoms with Crippen LogP contribution in [0.25, 0.3) is 11.1 Å². The molecule has 16 heavy (non-hydrogen) atoms. The second-order valence-corrected chi connectivity index (χ2v) is 3.54. The first-order chi connectivity index (χ1) is 7.72. The Labute approximate surface area is 98.5 Å². The summed E-state index contributed by atoms with van der Waals surface area (Å²) in [5.74, 6) is 2.67. The third kappa shape index (κ3) is 1.88. The fourth-order valence-electron chi connectivity index (χ4n) is 1.44. The van der Waals surface area contributed by atoms with Crippen molar-refractivity contribution >= 4 is 11.6 Å². The van der Waals surface area contributed by atoms with E-state index in [9.17, 15) is 0 Å². The Bertz CT molecular complexity index is 535. The summed E-state index contributed by atoms with van der Waals surface area (Å²) in [5, 5.41) is 0.355.